The highest BCUT2D eigenvalue weighted by molar-refractivity contribution is 7.99. The van der Waals surface area contributed by atoms with Crippen molar-refractivity contribution in [3.8, 4) is 5.88 Å². The van der Waals surface area contributed by atoms with E-state index in [-0.39, 0.29) is 22.8 Å². The zero-order valence-corrected chi connectivity index (χ0v) is 19.1. The van der Waals surface area contributed by atoms with E-state index in [9.17, 15) is 13.2 Å². The molecule has 1 saturated heterocycles. The van der Waals surface area contributed by atoms with E-state index < -0.39 is 10.0 Å². The van der Waals surface area contributed by atoms with Gasteiger partial charge in [0.25, 0.3) is 15.9 Å². The number of nitrogens with one attached hydrogen (secondary N) is 2. The molecule has 0 spiro atoms. The Labute approximate surface area is 190 Å². The van der Waals surface area contributed by atoms with Crippen molar-refractivity contribution in [2.75, 3.05) is 21.5 Å². The van der Waals surface area contributed by atoms with Gasteiger partial charge in [0.2, 0.25) is 11.8 Å². The summed E-state index contributed by atoms with van der Waals surface area (Å²) in [5.41, 5.74) is 2.07. The van der Waals surface area contributed by atoms with Gasteiger partial charge in [0.1, 0.15) is 6.10 Å². The number of ether oxygens (including phenoxy) is 1. The van der Waals surface area contributed by atoms with Crippen LogP contribution in [0, 0.1) is 13.8 Å². The number of aryl methyl sites for hydroxylation is 1. The number of carbonyl (C=O) groups is 1. The molecule has 11 heteroatoms. The van der Waals surface area contributed by atoms with Crippen molar-refractivity contribution in [1.82, 2.24) is 10.1 Å². The van der Waals surface area contributed by atoms with E-state index in [2.05, 4.69) is 20.2 Å². The molecule has 2 N–H and O–H groups in total. The molecule has 3 aromatic rings. The second-order valence-corrected chi connectivity index (χ2v) is 10.1. The summed E-state index contributed by atoms with van der Waals surface area (Å²) < 4.78 is 38.4. The average Bonchev–Trinajstić information content (AvgIpc) is 3.39. The van der Waals surface area contributed by atoms with Crippen LogP contribution in [0.4, 0.5) is 11.6 Å². The van der Waals surface area contributed by atoms with E-state index in [1.807, 2.05) is 11.8 Å². The standard InChI is InChI=1S/C21H22N4O5S2/c1-13-14(2)24-30-21(13)25-32(27,28)18-5-3-16(4-6-18)23-20(26)15-7-9-22-19(11-15)29-17-8-10-31-12-17/h3-7,9,11,17,25H,8,10,12H2,1-2H3,(H,23,26). The Balaban J connectivity index is 1.42. The highest BCUT2D eigenvalue weighted by Crippen LogP contribution is 2.24. The molecule has 1 aliphatic heterocycles. The van der Waals surface area contributed by atoms with Gasteiger partial charge in [0.05, 0.1) is 10.6 Å². The molecular formula is C21H22N4O5S2. The first-order valence-corrected chi connectivity index (χ1v) is 12.5. The van der Waals surface area contributed by atoms with Gasteiger partial charge in [0.15, 0.2) is 0 Å². The number of thioether (sulfide) groups is 1. The molecule has 9 nitrogen and oxygen atoms in total. The fourth-order valence-electron chi connectivity index (χ4n) is 3.00. The van der Waals surface area contributed by atoms with Crippen molar-refractivity contribution in [2.24, 2.45) is 0 Å². The fraction of sp³-hybridized carbons (Fsp3) is 0.286. The Kier molecular flexibility index (Phi) is 6.38. The van der Waals surface area contributed by atoms with Gasteiger partial charge in [-0.25, -0.2) is 18.1 Å². The minimum Gasteiger partial charge on any atom is -0.473 e. The SMILES string of the molecule is Cc1noc(NS(=O)(=O)c2ccc(NC(=O)c3ccnc(OC4CCSC4)c3)cc2)c1C. The Bertz CT molecular complexity index is 1220. The van der Waals surface area contributed by atoms with E-state index in [4.69, 9.17) is 9.26 Å². The number of hydrogen-bond donors (Lipinski definition) is 2. The largest absolute Gasteiger partial charge is 0.473 e. The molecular weight excluding hydrogens is 452 g/mol. The second-order valence-electron chi connectivity index (χ2n) is 7.29. The first-order chi connectivity index (χ1) is 15.3. The topological polar surface area (TPSA) is 123 Å². The van der Waals surface area contributed by atoms with Gasteiger partial charge >= 0.3 is 0 Å². The fourth-order valence-corrected chi connectivity index (χ4v) is 5.14. The highest BCUT2D eigenvalue weighted by Gasteiger charge is 2.20. The lowest BCUT2D eigenvalue weighted by molar-refractivity contribution is 0.102. The molecule has 1 fully saturated rings. The summed E-state index contributed by atoms with van der Waals surface area (Å²) in [6.45, 7) is 3.43. The first-order valence-electron chi connectivity index (χ1n) is 9.89. The number of sulfonamides is 1. The van der Waals surface area contributed by atoms with Gasteiger partial charge in [-0.1, -0.05) is 5.16 Å². The van der Waals surface area contributed by atoms with Crippen LogP contribution in [0.1, 0.15) is 28.0 Å². The summed E-state index contributed by atoms with van der Waals surface area (Å²) in [4.78, 5) is 16.8. The smallest absolute Gasteiger partial charge is 0.264 e. The van der Waals surface area contributed by atoms with Crippen molar-refractivity contribution in [1.29, 1.82) is 0 Å². The Morgan fingerprint density at radius 2 is 2.00 bits per heavy atom. The van der Waals surface area contributed by atoms with Gasteiger partial charge < -0.3 is 14.6 Å². The number of rotatable bonds is 7. The zero-order chi connectivity index (χ0) is 22.7. The van der Waals surface area contributed by atoms with E-state index in [1.165, 1.54) is 30.5 Å². The van der Waals surface area contributed by atoms with Crippen molar-refractivity contribution in [2.45, 2.75) is 31.3 Å². The van der Waals surface area contributed by atoms with Crippen molar-refractivity contribution < 1.29 is 22.5 Å². The number of benzene rings is 1. The monoisotopic (exact) mass is 474 g/mol. The number of nitrogens with zero attached hydrogens (tertiary/aromatic N) is 2. The molecule has 168 valence electrons. The molecule has 32 heavy (non-hydrogen) atoms. The van der Waals surface area contributed by atoms with Crippen LogP contribution in [0.5, 0.6) is 5.88 Å². The third-order valence-corrected chi connectivity index (χ3v) is 7.46. The summed E-state index contributed by atoms with van der Waals surface area (Å²) in [6.07, 6.45) is 2.60. The number of aromatic nitrogens is 2. The van der Waals surface area contributed by atoms with Gasteiger partial charge in [-0.2, -0.15) is 11.8 Å². The Morgan fingerprint density at radius 3 is 2.66 bits per heavy atom. The van der Waals surface area contributed by atoms with Crippen LogP contribution in [-0.2, 0) is 10.0 Å². The minimum atomic E-state index is -3.86. The summed E-state index contributed by atoms with van der Waals surface area (Å²) >= 11 is 1.83. The number of amides is 1. The Hall–Kier alpha value is -3.05. The van der Waals surface area contributed by atoms with E-state index >= 15 is 0 Å². The molecule has 0 bridgehead atoms. The normalized spacial score (nSPS) is 16.0. The van der Waals surface area contributed by atoms with E-state index in [0.29, 0.717) is 28.4 Å². The van der Waals surface area contributed by atoms with Gasteiger partial charge in [0, 0.05) is 34.8 Å². The number of anilines is 2. The van der Waals surface area contributed by atoms with Crippen LogP contribution < -0.4 is 14.8 Å². The van der Waals surface area contributed by atoms with Crippen LogP contribution in [0.25, 0.3) is 0 Å². The minimum absolute atomic E-state index is 0.0259. The lowest BCUT2D eigenvalue weighted by Gasteiger charge is -2.12. The second kappa shape index (κ2) is 9.21. The first kappa shape index (κ1) is 22.2. The van der Waals surface area contributed by atoms with Crippen molar-refractivity contribution in [3.05, 3.63) is 59.4 Å². The lowest BCUT2D eigenvalue weighted by atomic mass is 10.2. The van der Waals surface area contributed by atoms with Crippen LogP contribution >= 0.6 is 11.8 Å². The van der Waals surface area contributed by atoms with Gasteiger partial charge in [-0.05, 0) is 56.4 Å². The maximum absolute atomic E-state index is 12.6. The zero-order valence-electron chi connectivity index (χ0n) is 17.5. The maximum atomic E-state index is 12.6. The van der Waals surface area contributed by atoms with Gasteiger partial charge in [-0.15, -0.1) is 0 Å². The summed E-state index contributed by atoms with van der Waals surface area (Å²) in [7, 11) is -3.86. The third-order valence-electron chi connectivity index (χ3n) is 4.98. The van der Waals surface area contributed by atoms with Crippen LogP contribution in [-0.4, -0.2) is 42.1 Å². The maximum Gasteiger partial charge on any atom is 0.264 e. The molecule has 2 aromatic heterocycles. The third kappa shape index (κ3) is 5.05. The van der Waals surface area contributed by atoms with E-state index in [1.54, 1.807) is 26.0 Å². The summed E-state index contributed by atoms with van der Waals surface area (Å²) in [5.74, 6) is 2.11. The molecule has 1 atom stereocenters. The predicted octanol–water partition coefficient (Wildman–Crippen LogP) is 3.62. The molecule has 3 heterocycles. The van der Waals surface area contributed by atoms with Crippen LogP contribution in [0.3, 0.4) is 0 Å². The molecule has 4 rings (SSSR count). The van der Waals surface area contributed by atoms with Gasteiger partial charge in [-0.3, -0.25) is 4.79 Å². The molecule has 1 amide bonds. The molecule has 0 saturated carbocycles. The molecule has 1 aliphatic rings. The number of carbonyl (C=O) groups excluding carboxylic acids is 1. The van der Waals surface area contributed by atoms with Crippen molar-refractivity contribution >= 4 is 39.3 Å². The highest BCUT2D eigenvalue weighted by atomic mass is 32.2. The summed E-state index contributed by atoms with van der Waals surface area (Å²) in [6, 6.07) is 9.02. The number of hydrogen-bond acceptors (Lipinski definition) is 8. The lowest BCUT2D eigenvalue weighted by Crippen LogP contribution is -2.17. The quantitative estimate of drug-likeness (QED) is 0.532. The predicted molar refractivity (Wildman–Crippen MR) is 122 cm³/mol. The molecule has 1 unspecified atom stereocenters. The number of pyridine rings is 1. The van der Waals surface area contributed by atoms with Crippen LogP contribution in [0.2, 0.25) is 0 Å². The molecule has 1 aromatic carbocycles. The molecule has 0 radical (unpaired) electrons. The summed E-state index contributed by atoms with van der Waals surface area (Å²) in [5, 5.41) is 6.49. The van der Waals surface area contributed by atoms with Crippen LogP contribution in [0.15, 0.2) is 52.0 Å². The Morgan fingerprint density at radius 1 is 1.22 bits per heavy atom. The average molecular weight is 475 g/mol. The molecule has 0 aliphatic carbocycles. The van der Waals surface area contributed by atoms with E-state index in [0.717, 1.165) is 17.9 Å². The van der Waals surface area contributed by atoms with Crippen molar-refractivity contribution in [3.63, 3.8) is 0 Å².